The number of ether oxygens (including phenoxy) is 3. The molecule has 8 heteroatoms. The highest BCUT2D eigenvalue weighted by Gasteiger charge is 2.44. The second-order valence-corrected chi connectivity index (χ2v) is 5.21. The molecule has 0 aromatic heterocycles. The third kappa shape index (κ3) is 4.11. The number of hydrogen-bond donors (Lipinski definition) is 4. The predicted octanol–water partition coefficient (Wildman–Crippen LogP) is -0.949. The van der Waals surface area contributed by atoms with Crippen LogP contribution < -0.4 is 4.74 Å². The average Bonchev–Trinajstić information content (AvgIpc) is 2.61. The summed E-state index contributed by atoms with van der Waals surface area (Å²) in [5, 5.41) is 38.7. The fourth-order valence-electron chi connectivity index (χ4n) is 2.24. The molecule has 1 aliphatic rings. The normalized spacial score (nSPS) is 30.3. The lowest BCUT2D eigenvalue weighted by molar-refractivity contribution is -0.277. The van der Waals surface area contributed by atoms with Crippen molar-refractivity contribution in [2.75, 3.05) is 13.7 Å². The fourth-order valence-corrected chi connectivity index (χ4v) is 2.24. The van der Waals surface area contributed by atoms with Crippen LogP contribution in [0.5, 0.6) is 5.75 Å². The van der Waals surface area contributed by atoms with E-state index in [1.165, 1.54) is 19.3 Å². The molecule has 5 unspecified atom stereocenters. The van der Waals surface area contributed by atoms with E-state index in [1.54, 1.807) is 24.3 Å². The lowest BCUT2D eigenvalue weighted by atomic mass is 9.99. The second kappa shape index (κ2) is 8.22. The first-order valence-corrected chi connectivity index (χ1v) is 7.30. The first-order chi connectivity index (χ1) is 11.5. The van der Waals surface area contributed by atoms with Crippen molar-refractivity contribution >= 4 is 12.0 Å². The summed E-state index contributed by atoms with van der Waals surface area (Å²) < 4.78 is 15.4. The Hall–Kier alpha value is -1.97. The van der Waals surface area contributed by atoms with Crippen LogP contribution in [0, 0.1) is 0 Å². The summed E-state index contributed by atoms with van der Waals surface area (Å²) in [4.78, 5) is 11.2. The molecule has 5 atom stereocenters. The van der Waals surface area contributed by atoms with Gasteiger partial charge in [-0.1, -0.05) is 18.2 Å². The maximum Gasteiger partial charge on any atom is 0.330 e. The maximum atomic E-state index is 11.2. The summed E-state index contributed by atoms with van der Waals surface area (Å²) in [5.41, 5.74) is 0.514. The lowest BCUT2D eigenvalue weighted by Gasteiger charge is -2.39. The number of rotatable bonds is 5. The van der Waals surface area contributed by atoms with Crippen molar-refractivity contribution in [1.29, 1.82) is 0 Å². The van der Waals surface area contributed by atoms with E-state index in [-0.39, 0.29) is 5.75 Å². The third-order valence-electron chi connectivity index (χ3n) is 3.61. The number of esters is 1. The highest BCUT2D eigenvalue weighted by atomic mass is 16.7. The highest BCUT2D eigenvalue weighted by Crippen LogP contribution is 2.27. The van der Waals surface area contributed by atoms with Gasteiger partial charge >= 0.3 is 5.97 Å². The van der Waals surface area contributed by atoms with Crippen molar-refractivity contribution < 1.29 is 39.4 Å². The van der Waals surface area contributed by atoms with Crippen LogP contribution >= 0.6 is 0 Å². The molecule has 0 bridgehead atoms. The zero-order valence-electron chi connectivity index (χ0n) is 13.0. The topological polar surface area (TPSA) is 126 Å². The van der Waals surface area contributed by atoms with Gasteiger partial charge < -0.3 is 34.6 Å². The molecule has 0 radical (unpaired) electrons. The van der Waals surface area contributed by atoms with Gasteiger partial charge in [-0.3, -0.25) is 0 Å². The van der Waals surface area contributed by atoms with Gasteiger partial charge in [0.25, 0.3) is 0 Å². The van der Waals surface area contributed by atoms with Gasteiger partial charge in [0.15, 0.2) is 0 Å². The Bertz CT molecular complexity index is 585. The first kappa shape index (κ1) is 18.4. The Labute approximate surface area is 138 Å². The van der Waals surface area contributed by atoms with Crippen LogP contribution in [0.1, 0.15) is 5.56 Å². The van der Waals surface area contributed by atoms with E-state index >= 15 is 0 Å². The molecular formula is C16H20O8. The van der Waals surface area contributed by atoms with Crippen molar-refractivity contribution in [1.82, 2.24) is 0 Å². The number of hydrogen-bond acceptors (Lipinski definition) is 8. The van der Waals surface area contributed by atoms with Gasteiger partial charge in [-0.25, -0.2) is 4.79 Å². The van der Waals surface area contributed by atoms with E-state index in [0.29, 0.717) is 5.56 Å². The number of carbonyl (C=O) groups is 1. The standard InChI is InChI=1S/C16H20O8/c1-22-12(18)7-6-9-4-2-3-5-10(9)23-16-15(21)14(20)13(19)11(8-17)24-16/h2-7,11,13-17,19-21H,8H2,1H3. The molecule has 132 valence electrons. The third-order valence-corrected chi connectivity index (χ3v) is 3.61. The van der Waals surface area contributed by atoms with E-state index < -0.39 is 43.3 Å². The Morgan fingerprint density at radius 2 is 1.92 bits per heavy atom. The van der Waals surface area contributed by atoms with Crippen LogP contribution in [0.25, 0.3) is 6.08 Å². The van der Waals surface area contributed by atoms with Gasteiger partial charge in [-0.15, -0.1) is 0 Å². The zero-order valence-corrected chi connectivity index (χ0v) is 13.0. The molecule has 1 heterocycles. The Balaban J connectivity index is 2.18. The molecule has 0 aliphatic carbocycles. The number of methoxy groups -OCH3 is 1. The van der Waals surface area contributed by atoms with E-state index in [1.807, 2.05) is 0 Å². The highest BCUT2D eigenvalue weighted by molar-refractivity contribution is 5.87. The zero-order chi connectivity index (χ0) is 17.7. The van der Waals surface area contributed by atoms with Crippen LogP contribution in [0.2, 0.25) is 0 Å². The van der Waals surface area contributed by atoms with Crippen LogP contribution in [-0.4, -0.2) is 70.8 Å². The number of aliphatic hydroxyl groups is 4. The number of para-hydroxylation sites is 1. The monoisotopic (exact) mass is 340 g/mol. The quantitative estimate of drug-likeness (QED) is 0.399. The van der Waals surface area contributed by atoms with E-state index in [2.05, 4.69) is 4.74 Å². The van der Waals surface area contributed by atoms with Crippen LogP contribution in [-0.2, 0) is 14.3 Å². The second-order valence-electron chi connectivity index (χ2n) is 5.21. The van der Waals surface area contributed by atoms with Gasteiger partial charge in [-0.05, 0) is 12.1 Å². The largest absolute Gasteiger partial charge is 0.466 e. The molecule has 1 fully saturated rings. The van der Waals surface area contributed by atoms with Gasteiger partial charge in [0.1, 0.15) is 30.2 Å². The molecule has 0 saturated carbocycles. The summed E-state index contributed by atoms with van der Waals surface area (Å²) in [5.74, 6) is -0.264. The smallest absolute Gasteiger partial charge is 0.330 e. The van der Waals surface area contributed by atoms with Crippen LogP contribution in [0.15, 0.2) is 30.3 Å². The molecule has 8 nitrogen and oxygen atoms in total. The molecule has 4 N–H and O–H groups in total. The van der Waals surface area contributed by atoms with E-state index in [4.69, 9.17) is 9.47 Å². The minimum atomic E-state index is -1.53. The van der Waals surface area contributed by atoms with Gasteiger partial charge in [-0.2, -0.15) is 0 Å². The molecule has 1 aromatic carbocycles. The molecule has 24 heavy (non-hydrogen) atoms. The summed E-state index contributed by atoms with van der Waals surface area (Å²) in [6.07, 6.45) is -4.20. The van der Waals surface area contributed by atoms with Crippen molar-refractivity contribution in [2.24, 2.45) is 0 Å². The fraction of sp³-hybridized carbons (Fsp3) is 0.438. The SMILES string of the molecule is COC(=O)C=Cc1ccccc1OC1OC(CO)C(O)C(O)C1O. The summed E-state index contributed by atoms with van der Waals surface area (Å²) >= 11 is 0. The molecular weight excluding hydrogens is 320 g/mol. The van der Waals surface area contributed by atoms with Crippen molar-refractivity contribution in [3.05, 3.63) is 35.9 Å². The van der Waals surface area contributed by atoms with E-state index in [0.717, 1.165) is 0 Å². The first-order valence-electron chi connectivity index (χ1n) is 7.30. The Kier molecular flexibility index (Phi) is 6.29. The molecule has 1 aliphatic heterocycles. The molecule has 1 aromatic rings. The number of aliphatic hydroxyl groups excluding tert-OH is 4. The molecule has 0 amide bonds. The minimum absolute atomic E-state index is 0.280. The Morgan fingerprint density at radius 1 is 1.21 bits per heavy atom. The van der Waals surface area contributed by atoms with Crippen molar-refractivity contribution in [3.63, 3.8) is 0 Å². The van der Waals surface area contributed by atoms with Gasteiger partial charge in [0, 0.05) is 11.6 Å². The van der Waals surface area contributed by atoms with Crippen LogP contribution in [0.4, 0.5) is 0 Å². The predicted molar refractivity (Wildman–Crippen MR) is 81.9 cm³/mol. The number of carbonyl (C=O) groups excluding carboxylic acids is 1. The minimum Gasteiger partial charge on any atom is -0.466 e. The maximum absolute atomic E-state index is 11.2. The van der Waals surface area contributed by atoms with Crippen LogP contribution in [0.3, 0.4) is 0 Å². The van der Waals surface area contributed by atoms with Gasteiger partial charge in [0.05, 0.1) is 13.7 Å². The summed E-state index contributed by atoms with van der Waals surface area (Å²) in [7, 11) is 1.25. The average molecular weight is 340 g/mol. The lowest BCUT2D eigenvalue weighted by Crippen LogP contribution is -2.60. The van der Waals surface area contributed by atoms with E-state index in [9.17, 15) is 25.2 Å². The van der Waals surface area contributed by atoms with Gasteiger partial charge in [0.2, 0.25) is 6.29 Å². The summed E-state index contributed by atoms with van der Waals surface area (Å²) in [6.45, 7) is -0.547. The number of benzene rings is 1. The van der Waals surface area contributed by atoms with Crippen molar-refractivity contribution in [3.8, 4) is 5.75 Å². The van der Waals surface area contributed by atoms with Crippen molar-refractivity contribution in [2.45, 2.75) is 30.7 Å². The molecule has 2 rings (SSSR count). The Morgan fingerprint density at radius 3 is 2.58 bits per heavy atom. The summed E-state index contributed by atoms with van der Waals surface area (Å²) in [6, 6.07) is 6.64. The molecule has 0 spiro atoms. The molecule has 1 saturated heterocycles.